The molecular weight excluding hydrogens is 384 g/mol. The fourth-order valence-electron chi connectivity index (χ4n) is 3.59. The molecule has 0 spiro atoms. The van der Waals surface area contributed by atoms with Crippen LogP contribution in [0.1, 0.15) is 35.7 Å². The maximum Gasteiger partial charge on any atom is 0.312 e. The molecule has 1 N–H and O–H groups in total. The fraction of sp³-hybridized carbons (Fsp3) is 0.261. The van der Waals surface area contributed by atoms with Gasteiger partial charge in [0.2, 0.25) is 0 Å². The first-order chi connectivity index (χ1) is 14.2. The number of hydrogen-bond acceptors (Lipinski definition) is 5. The molecule has 1 aromatic heterocycles. The number of nitrogens with zero attached hydrogens (tertiary/aromatic N) is 1. The number of esters is 1. The Labute approximate surface area is 173 Å². The van der Waals surface area contributed by atoms with Gasteiger partial charge in [0, 0.05) is 10.9 Å². The van der Waals surface area contributed by atoms with Crippen molar-refractivity contribution in [1.29, 1.82) is 0 Å². The van der Waals surface area contributed by atoms with Crippen LogP contribution in [0.25, 0.3) is 10.6 Å². The predicted molar refractivity (Wildman–Crippen MR) is 112 cm³/mol. The number of carbonyl (C=O) groups excluding carboxylic acids is 2. The van der Waals surface area contributed by atoms with Crippen LogP contribution in [-0.4, -0.2) is 23.5 Å². The largest absolute Gasteiger partial charge is 0.455 e. The van der Waals surface area contributed by atoms with Gasteiger partial charge in [0.15, 0.2) is 6.61 Å². The van der Waals surface area contributed by atoms with Crippen LogP contribution in [0.4, 0.5) is 0 Å². The summed E-state index contributed by atoms with van der Waals surface area (Å²) < 4.78 is 5.17. The Balaban J connectivity index is 1.27. The van der Waals surface area contributed by atoms with E-state index in [2.05, 4.69) is 22.4 Å². The Morgan fingerprint density at radius 1 is 1.10 bits per heavy atom. The first-order valence-electron chi connectivity index (χ1n) is 9.71. The van der Waals surface area contributed by atoms with Gasteiger partial charge in [-0.15, -0.1) is 11.3 Å². The summed E-state index contributed by atoms with van der Waals surface area (Å²) in [5.74, 6) is -0.725. The lowest BCUT2D eigenvalue weighted by Crippen LogP contribution is -2.34. The lowest BCUT2D eigenvalue weighted by Gasteiger charge is -2.26. The number of nitrogens with one attached hydrogen (secondary N) is 1. The van der Waals surface area contributed by atoms with Crippen molar-refractivity contribution in [3.05, 3.63) is 76.8 Å². The Hall–Kier alpha value is -2.99. The van der Waals surface area contributed by atoms with Gasteiger partial charge in [0.25, 0.3) is 5.91 Å². The lowest BCUT2D eigenvalue weighted by atomic mass is 9.88. The van der Waals surface area contributed by atoms with E-state index < -0.39 is 5.97 Å². The molecule has 6 heteroatoms. The van der Waals surface area contributed by atoms with Gasteiger partial charge in [-0.05, 0) is 30.4 Å². The zero-order chi connectivity index (χ0) is 20.1. The minimum atomic E-state index is -0.450. The van der Waals surface area contributed by atoms with Crippen molar-refractivity contribution in [3.8, 4) is 10.6 Å². The number of benzene rings is 2. The van der Waals surface area contributed by atoms with Crippen LogP contribution in [0.2, 0.25) is 0 Å². The summed E-state index contributed by atoms with van der Waals surface area (Å²) in [6.45, 7) is -0.271. The van der Waals surface area contributed by atoms with Crippen molar-refractivity contribution in [3.63, 3.8) is 0 Å². The number of carbonyl (C=O) groups is 2. The third-order valence-corrected chi connectivity index (χ3v) is 5.91. The van der Waals surface area contributed by atoms with E-state index in [1.807, 2.05) is 47.8 Å². The molecule has 5 nitrogen and oxygen atoms in total. The highest BCUT2D eigenvalue weighted by atomic mass is 32.1. The molecule has 0 radical (unpaired) electrons. The standard InChI is InChI=1S/C23H22N2O3S/c26-21(25-20-12-6-10-16-7-4-5-11-19(16)20)14-28-22(27)13-18-15-29-23(24-18)17-8-2-1-3-9-17/h1-5,7-9,11,15,20H,6,10,12-14H2,(H,25,26). The van der Waals surface area contributed by atoms with Crippen molar-refractivity contribution in [1.82, 2.24) is 10.3 Å². The number of amides is 1. The molecule has 0 fully saturated rings. The van der Waals surface area contributed by atoms with Gasteiger partial charge >= 0.3 is 5.97 Å². The molecule has 1 aliphatic rings. The summed E-state index contributed by atoms with van der Waals surface area (Å²) in [7, 11) is 0. The van der Waals surface area contributed by atoms with Crippen molar-refractivity contribution in [2.75, 3.05) is 6.61 Å². The highest BCUT2D eigenvalue weighted by Gasteiger charge is 2.22. The Morgan fingerprint density at radius 3 is 2.76 bits per heavy atom. The molecular formula is C23H22N2O3S. The molecule has 2 aromatic carbocycles. The van der Waals surface area contributed by atoms with E-state index in [-0.39, 0.29) is 25.0 Å². The quantitative estimate of drug-likeness (QED) is 0.626. The van der Waals surface area contributed by atoms with Crippen molar-refractivity contribution < 1.29 is 14.3 Å². The average Bonchev–Trinajstić information content (AvgIpc) is 3.22. The molecule has 1 amide bonds. The van der Waals surface area contributed by atoms with E-state index >= 15 is 0 Å². The highest BCUT2D eigenvalue weighted by molar-refractivity contribution is 7.13. The average molecular weight is 407 g/mol. The number of rotatable bonds is 6. The van der Waals surface area contributed by atoms with Crippen LogP contribution in [0.15, 0.2) is 60.0 Å². The SMILES string of the molecule is O=C(COC(=O)Cc1csc(-c2ccccc2)n1)NC1CCCc2ccccc21. The lowest BCUT2D eigenvalue weighted by molar-refractivity contribution is -0.148. The number of ether oxygens (including phenoxy) is 1. The predicted octanol–water partition coefficient (Wildman–Crippen LogP) is 4.09. The van der Waals surface area contributed by atoms with Crippen molar-refractivity contribution in [2.24, 2.45) is 0 Å². The van der Waals surface area contributed by atoms with Gasteiger partial charge < -0.3 is 10.1 Å². The zero-order valence-electron chi connectivity index (χ0n) is 16.0. The fourth-order valence-corrected chi connectivity index (χ4v) is 4.41. The number of thiazole rings is 1. The normalized spacial score (nSPS) is 15.4. The Bertz CT molecular complexity index is 1000. The van der Waals surface area contributed by atoms with Gasteiger partial charge in [-0.25, -0.2) is 4.98 Å². The molecule has 1 heterocycles. The summed E-state index contributed by atoms with van der Waals surface area (Å²) >= 11 is 1.49. The molecule has 4 rings (SSSR count). The van der Waals surface area contributed by atoms with E-state index in [1.165, 1.54) is 16.9 Å². The molecule has 29 heavy (non-hydrogen) atoms. The van der Waals surface area contributed by atoms with E-state index in [4.69, 9.17) is 4.74 Å². The molecule has 0 saturated carbocycles. The van der Waals surface area contributed by atoms with Gasteiger partial charge in [0.1, 0.15) is 5.01 Å². The van der Waals surface area contributed by atoms with Gasteiger partial charge in [-0.3, -0.25) is 9.59 Å². The summed E-state index contributed by atoms with van der Waals surface area (Å²) in [6.07, 6.45) is 3.03. The zero-order valence-corrected chi connectivity index (χ0v) is 16.8. The topological polar surface area (TPSA) is 68.3 Å². The first-order valence-corrected chi connectivity index (χ1v) is 10.6. The molecule has 0 bridgehead atoms. The van der Waals surface area contributed by atoms with Crippen molar-refractivity contribution in [2.45, 2.75) is 31.7 Å². The molecule has 0 aliphatic heterocycles. The monoisotopic (exact) mass is 406 g/mol. The van der Waals surface area contributed by atoms with Gasteiger partial charge in [0.05, 0.1) is 18.2 Å². The summed E-state index contributed by atoms with van der Waals surface area (Å²) in [4.78, 5) is 28.9. The van der Waals surface area contributed by atoms with Gasteiger partial charge in [-0.1, -0.05) is 54.6 Å². The van der Waals surface area contributed by atoms with E-state index in [9.17, 15) is 9.59 Å². The maximum absolute atomic E-state index is 12.3. The van der Waals surface area contributed by atoms with Crippen LogP contribution in [0.5, 0.6) is 0 Å². The molecule has 1 aliphatic carbocycles. The molecule has 3 aromatic rings. The van der Waals surface area contributed by atoms with Crippen LogP contribution in [-0.2, 0) is 27.2 Å². The Morgan fingerprint density at radius 2 is 1.90 bits per heavy atom. The Kier molecular flexibility index (Phi) is 6.00. The minimum absolute atomic E-state index is 0.0156. The number of hydrogen-bond donors (Lipinski definition) is 1. The second-order valence-corrected chi connectivity index (χ2v) is 7.92. The summed E-state index contributed by atoms with van der Waals surface area (Å²) in [5.41, 5.74) is 4.11. The van der Waals surface area contributed by atoms with Crippen LogP contribution in [0.3, 0.4) is 0 Å². The second kappa shape index (κ2) is 9.01. The summed E-state index contributed by atoms with van der Waals surface area (Å²) in [5, 5.41) is 5.70. The van der Waals surface area contributed by atoms with E-state index in [0.29, 0.717) is 5.69 Å². The first kappa shape index (κ1) is 19.3. The molecule has 0 saturated heterocycles. The number of aromatic nitrogens is 1. The summed E-state index contributed by atoms with van der Waals surface area (Å²) in [6, 6.07) is 18.0. The molecule has 1 atom stereocenters. The van der Waals surface area contributed by atoms with Crippen LogP contribution < -0.4 is 5.32 Å². The van der Waals surface area contributed by atoms with E-state index in [1.54, 1.807) is 0 Å². The minimum Gasteiger partial charge on any atom is -0.455 e. The highest BCUT2D eigenvalue weighted by Crippen LogP contribution is 2.29. The number of fused-ring (bicyclic) bond motifs is 1. The van der Waals surface area contributed by atoms with Crippen molar-refractivity contribution >= 4 is 23.2 Å². The molecule has 148 valence electrons. The smallest absolute Gasteiger partial charge is 0.312 e. The van der Waals surface area contributed by atoms with Crippen LogP contribution >= 0.6 is 11.3 Å². The second-order valence-electron chi connectivity index (χ2n) is 7.06. The molecule has 1 unspecified atom stereocenters. The van der Waals surface area contributed by atoms with E-state index in [0.717, 1.165) is 35.4 Å². The third-order valence-electron chi connectivity index (χ3n) is 4.97. The third kappa shape index (κ3) is 4.90. The van der Waals surface area contributed by atoms with Crippen LogP contribution in [0, 0.1) is 0 Å². The number of aryl methyl sites for hydroxylation is 1. The van der Waals surface area contributed by atoms with Gasteiger partial charge in [-0.2, -0.15) is 0 Å². The maximum atomic E-state index is 12.3.